The standard InChI is InChI=1S/C12H22N2O3/c1-12(2,3)9-13-14-10(15)7-5-4-6-8-11(16)17/h9H,4-8H2,1-3H3,(H,14,15)(H,16,17)/b13-9+. The minimum Gasteiger partial charge on any atom is -0.481 e. The molecule has 0 unspecified atom stereocenters. The summed E-state index contributed by atoms with van der Waals surface area (Å²) in [5.74, 6) is -0.912. The Morgan fingerprint density at radius 3 is 2.29 bits per heavy atom. The van der Waals surface area contributed by atoms with E-state index in [-0.39, 0.29) is 17.7 Å². The maximum atomic E-state index is 11.3. The van der Waals surface area contributed by atoms with Crippen molar-refractivity contribution in [3.63, 3.8) is 0 Å². The fourth-order valence-electron chi connectivity index (χ4n) is 1.09. The highest BCUT2D eigenvalue weighted by molar-refractivity contribution is 5.77. The van der Waals surface area contributed by atoms with Crippen molar-refractivity contribution in [1.82, 2.24) is 5.43 Å². The van der Waals surface area contributed by atoms with Crippen molar-refractivity contribution in [2.45, 2.75) is 52.9 Å². The highest BCUT2D eigenvalue weighted by Gasteiger charge is 2.05. The summed E-state index contributed by atoms with van der Waals surface area (Å²) in [5, 5.41) is 12.3. The number of hydrogen-bond donors (Lipinski definition) is 2. The van der Waals surface area contributed by atoms with Crippen molar-refractivity contribution in [3.05, 3.63) is 0 Å². The van der Waals surface area contributed by atoms with E-state index in [0.29, 0.717) is 19.3 Å². The molecule has 0 aliphatic rings. The zero-order valence-electron chi connectivity index (χ0n) is 10.8. The third kappa shape index (κ3) is 12.5. The summed E-state index contributed by atoms with van der Waals surface area (Å²) in [6.45, 7) is 5.98. The van der Waals surface area contributed by atoms with Crippen molar-refractivity contribution in [3.8, 4) is 0 Å². The smallest absolute Gasteiger partial charge is 0.303 e. The summed E-state index contributed by atoms with van der Waals surface area (Å²) in [5.41, 5.74) is 2.41. The molecule has 17 heavy (non-hydrogen) atoms. The SMILES string of the molecule is CC(C)(C)/C=N/NC(=O)CCCCCC(=O)O. The maximum Gasteiger partial charge on any atom is 0.303 e. The Kier molecular flexibility index (Phi) is 7.18. The zero-order chi connectivity index (χ0) is 13.3. The number of unbranched alkanes of at least 4 members (excludes halogenated alkanes) is 2. The van der Waals surface area contributed by atoms with Crippen LogP contribution < -0.4 is 5.43 Å². The Morgan fingerprint density at radius 2 is 1.76 bits per heavy atom. The second-order valence-electron chi connectivity index (χ2n) is 5.11. The quantitative estimate of drug-likeness (QED) is 0.408. The van der Waals surface area contributed by atoms with E-state index in [1.54, 1.807) is 6.21 Å². The lowest BCUT2D eigenvalue weighted by Gasteiger charge is -2.09. The molecule has 0 bridgehead atoms. The van der Waals surface area contributed by atoms with E-state index in [1.165, 1.54) is 0 Å². The van der Waals surface area contributed by atoms with Crippen LogP contribution in [0.2, 0.25) is 0 Å². The van der Waals surface area contributed by atoms with Crippen molar-refractivity contribution in [2.75, 3.05) is 0 Å². The van der Waals surface area contributed by atoms with E-state index in [1.807, 2.05) is 20.8 Å². The van der Waals surface area contributed by atoms with Crippen LogP contribution in [-0.4, -0.2) is 23.2 Å². The van der Waals surface area contributed by atoms with E-state index < -0.39 is 5.97 Å². The molecule has 5 nitrogen and oxygen atoms in total. The third-order valence-electron chi connectivity index (χ3n) is 1.94. The lowest BCUT2D eigenvalue weighted by Crippen LogP contribution is -2.19. The van der Waals surface area contributed by atoms with Gasteiger partial charge in [0.1, 0.15) is 0 Å². The normalized spacial score (nSPS) is 11.7. The molecule has 1 amide bonds. The van der Waals surface area contributed by atoms with Crippen LogP contribution >= 0.6 is 0 Å². The summed E-state index contributed by atoms with van der Waals surface area (Å²) >= 11 is 0. The van der Waals surface area contributed by atoms with E-state index in [4.69, 9.17) is 5.11 Å². The van der Waals surface area contributed by atoms with Crippen LogP contribution in [0, 0.1) is 5.41 Å². The van der Waals surface area contributed by atoms with E-state index in [2.05, 4.69) is 10.5 Å². The van der Waals surface area contributed by atoms with Crippen LogP contribution in [0.15, 0.2) is 5.10 Å². The summed E-state index contributed by atoms with van der Waals surface area (Å²) in [7, 11) is 0. The molecule has 0 saturated carbocycles. The molecule has 0 atom stereocenters. The molecule has 0 aromatic heterocycles. The van der Waals surface area contributed by atoms with Crippen molar-refractivity contribution >= 4 is 18.1 Å². The van der Waals surface area contributed by atoms with Gasteiger partial charge in [-0.15, -0.1) is 0 Å². The fourth-order valence-corrected chi connectivity index (χ4v) is 1.09. The second kappa shape index (κ2) is 7.81. The summed E-state index contributed by atoms with van der Waals surface area (Å²) in [4.78, 5) is 21.5. The fraction of sp³-hybridized carbons (Fsp3) is 0.750. The number of carboxylic acid groups (broad SMARTS) is 1. The van der Waals surface area contributed by atoms with Gasteiger partial charge in [-0.25, -0.2) is 5.43 Å². The Bertz CT molecular complexity index is 280. The number of rotatable bonds is 7. The predicted molar refractivity (Wildman–Crippen MR) is 66.8 cm³/mol. The molecule has 0 aliphatic carbocycles. The zero-order valence-corrected chi connectivity index (χ0v) is 10.8. The minimum absolute atomic E-state index is 0.0469. The number of amides is 1. The number of aliphatic carboxylic acids is 1. The molecule has 0 rings (SSSR count). The first-order valence-corrected chi connectivity index (χ1v) is 5.86. The number of carbonyl (C=O) groups is 2. The monoisotopic (exact) mass is 242 g/mol. The lowest BCUT2D eigenvalue weighted by molar-refractivity contribution is -0.137. The highest BCUT2D eigenvalue weighted by Crippen LogP contribution is 2.07. The first-order chi connectivity index (χ1) is 7.81. The van der Waals surface area contributed by atoms with Gasteiger partial charge in [0.05, 0.1) is 0 Å². The Labute approximate surface area is 102 Å². The lowest BCUT2D eigenvalue weighted by atomic mass is 9.99. The summed E-state index contributed by atoms with van der Waals surface area (Å²) < 4.78 is 0. The largest absolute Gasteiger partial charge is 0.481 e. The molecular formula is C12H22N2O3. The van der Waals surface area contributed by atoms with Crippen LogP contribution in [-0.2, 0) is 9.59 Å². The molecule has 0 fully saturated rings. The van der Waals surface area contributed by atoms with Crippen LogP contribution in [0.4, 0.5) is 0 Å². The van der Waals surface area contributed by atoms with Crippen LogP contribution in [0.5, 0.6) is 0 Å². The van der Waals surface area contributed by atoms with E-state index >= 15 is 0 Å². The van der Waals surface area contributed by atoms with Gasteiger partial charge in [-0.2, -0.15) is 5.10 Å². The first-order valence-electron chi connectivity index (χ1n) is 5.86. The maximum absolute atomic E-state index is 11.3. The molecule has 0 heterocycles. The average molecular weight is 242 g/mol. The minimum atomic E-state index is -0.788. The number of carboxylic acids is 1. The predicted octanol–water partition coefficient (Wildman–Crippen LogP) is 2.17. The number of nitrogens with zero attached hydrogens (tertiary/aromatic N) is 1. The Morgan fingerprint density at radius 1 is 1.18 bits per heavy atom. The molecule has 0 aromatic carbocycles. The number of nitrogens with one attached hydrogen (secondary N) is 1. The molecule has 0 aromatic rings. The molecule has 0 spiro atoms. The van der Waals surface area contributed by atoms with E-state index in [9.17, 15) is 9.59 Å². The first kappa shape index (κ1) is 15.6. The highest BCUT2D eigenvalue weighted by atomic mass is 16.4. The summed E-state index contributed by atoms with van der Waals surface area (Å²) in [6, 6.07) is 0. The number of carbonyl (C=O) groups excluding carboxylic acids is 1. The van der Waals surface area contributed by atoms with Crippen molar-refractivity contribution in [2.24, 2.45) is 10.5 Å². The Balaban J connectivity index is 3.54. The van der Waals surface area contributed by atoms with Gasteiger partial charge in [-0.05, 0) is 18.3 Å². The van der Waals surface area contributed by atoms with Crippen LogP contribution in [0.1, 0.15) is 52.9 Å². The van der Waals surface area contributed by atoms with Gasteiger partial charge in [0.15, 0.2) is 0 Å². The van der Waals surface area contributed by atoms with Gasteiger partial charge in [-0.3, -0.25) is 9.59 Å². The molecular weight excluding hydrogens is 220 g/mol. The van der Waals surface area contributed by atoms with Gasteiger partial charge in [-0.1, -0.05) is 27.2 Å². The third-order valence-corrected chi connectivity index (χ3v) is 1.94. The molecule has 2 N–H and O–H groups in total. The Hall–Kier alpha value is -1.39. The number of hydrogen-bond acceptors (Lipinski definition) is 3. The van der Waals surface area contributed by atoms with Crippen molar-refractivity contribution < 1.29 is 14.7 Å². The second-order valence-corrected chi connectivity index (χ2v) is 5.11. The number of hydrazone groups is 1. The van der Waals surface area contributed by atoms with Gasteiger partial charge >= 0.3 is 5.97 Å². The molecule has 0 aliphatic heterocycles. The van der Waals surface area contributed by atoms with Crippen molar-refractivity contribution in [1.29, 1.82) is 0 Å². The van der Waals surface area contributed by atoms with Crippen LogP contribution in [0.25, 0.3) is 0 Å². The van der Waals surface area contributed by atoms with Gasteiger partial charge in [0.25, 0.3) is 0 Å². The topological polar surface area (TPSA) is 78.8 Å². The average Bonchev–Trinajstić information content (AvgIpc) is 2.14. The molecule has 5 heteroatoms. The molecule has 0 radical (unpaired) electrons. The molecule has 0 saturated heterocycles. The van der Waals surface area contributed by atoms with E-state index in [0.717, 1.165) is 6.42 Å². The van der Waals surface area contributed by atoms with Gasteiger partial charge in [0.2, 0.25) is 5.91 Å². The summed E-state index contributed by atoms with van der Waals surface area (Å²) in [6.07, 6.45) is 4.32. The van der Waals surface area contributed by atoms with Gasteiger partial charge in [0, 0.05) is 19.1 Å². The van der Waals surface area contributed by atoms with Crippen LogP contribution in [0.3, 0.4) is 0 Å². The molecule has 98 valence electrons. The van der Waals surface area contributed by atoms with Gasteiger partial charge < -0.3 is 5.11 Å².